The zero-order valence-electron chi connectivity index (χ0n) is 12.2. The Labute approximate surface area is 115 Å². The van der Waals surface area contributed by atoms with E-state index in [9.17, 15) is 4.39 Å². The molecule has 2 heteroatoms. The number of halogens is 1. The summed E-state index contributed by atoms with van der Waals surface area (Å²) < 4.78 is 13.8. The lowest BCUT2D eigenvalue weighted by Gasteiger charge is -2.22. The summed E-state index contributed by atoms with van der Waals surface area (Å²) in [6.45, 7) is 6.90. The first-order valence-corrected chi connectivity index (χ1v) is 7.63. The Bertz CT molecular complexity index is 449. The molecule has 19 heavy (non-hydrogen) atoms. The third-order valence-electron chi connectivity index (χ3n) is 5.10. The van der Waals surface area contributed by atoms with Crippen molar-refractivity contribution in [1.29, 1.82) is 0 Å². The highest BCUT2D eigenvalue weighted by Gasteiger charge is 2.55. The second-order valence-electron chi connectivity index (χ2n) is 6.34. The van der Waals surface area contributed by atoms with E-state index in [1.807, 2.05) is 26.0 Å². The number of benzene rings is 1. The van der Waals surface area contributed by atoms with Gasteiger partial charge in [-0.3, -0.25) is 0 Å². The summed E-state index contributed by atoms with van der Waals surface area (Å²) in [7, 11) is 0. The molecule has 0 radical (unpaired) electrons. The molecule has 0 aliphatic heterocycles. The van der Waals surface area contributed by atoms with Gasteiger partial charge in [-0.05, 0) is 67.7 Å². The van der Waals surface area contributed by atoms with Crippen molar-refractivity contribution < 1.29 is 4.39 Å². The van der Waals surface area contributed by atoms with Gasteiger partial charge in [-0.25, -0.2) is 4.39 Å². The van der Waals surface area contributed by atoms with E-state index in [0.717, 1.165) is 35.4 Å². The maximum atomic E-state index is 13.8. The Morgan fingerprint density at radius 3 is 2.32 bits per heavy atom. The van der Waals surface area contributed by atoms with Crippen molar-refractivity contribution in [1.82, 2.24) is 5.32 Å². The predicted octanol–water partition coefficient (Wildman–Crippen LogP) is 4.14. The topological polar surface area (TPSA) is 12.0 Å². The number of fused-ring (bicyclic) bond motifs is 1. The molecule has 1 N–H and O–H groups in total. The van der Waals surface area contributed by atoms with Crippen LogP contribution in [-0.2, 0) is 0 Å². The SMILES string of the molecule is CCNC(c1cc(C)c(F)c(C)c1)C1C2CCCC21. The zero-order valence-corrected chi connectivity index (χ0v) is 12.2. The summed E-state index contributed by atoms with van der Waals surface area (Å²) >= 11 is 0. The van der Waals surface area contributed by atoms with E-state index in [2.05, 4.69) is 12.2 Å². The molecule has 0 saturated heterocycles. The van der Waals surface area contributed by atoms with E-state index >= 15 is 0 Å². The van der Waals surface area contributed by atoms with Crippen molar-refractivity contribution >= 4 is 0 Å². The lowest BCUT2D eigenvalue weighted by molar-refractivity contribution is 0.425. The molecule has 3 unspecified atom stereocenters. The summed E-state index contributed by atoms with van der Waals surface area (Å²) in [5, 5.41) is 3.64. The highest BCUT2D eigenvalue weighted by Crippen LogP contribution is 2.62. The first kappa shape index (κ1) is 13.1. The monoisotopic (exact) mass is 261 g/mol. The molecule has 0 spiro atoms. The lowest BCUT2D eigenvalue weighted by atomic mass is 9.94. The smallest absolute Gasteiger partial charge is 0.129 e. The van der Waals surface area contributed by atoms with E-state index in [1.54, 1.807) is 0 Å². The molecule has 0 amide bonds. The minimum Gasteiger partial charge on any atom is -0.310 e. The molecule has 2 fully saturated rings. The summed E-state index contributed by atoms with van der Waals surface area (Å²) in [6, 6.07) is 4.52. The number of rotatable bonds is 4. The van der Waals surface area contributed by atoms with Crippen LogP contribution in [0.15, 0.2) is 12.1 Å². The second-order valence-corrected chi connectivity index (χ2v) is 6.34. The van der Waals surface area contributed by atoms with Gasteiger partial charge in [0.2, 0.25) is 0 Å². The summed E-state index contributed by atoms with van der Waals surface area (Å²) in [5.74, 6) is 2.59. The molecule has 3 rings (SSSR count). The molecule has 1 aromatic carbocycles. The minimum atomic E-state index is -0.0463. The molecule has 2 aliphatic carbocycles. The van der Waals surface area contributed by atoms with Crippen molar-refractivity contribution in [2.75, 3.05) is 6.54 Å². The van der Waals surface area contributed by atoms with Crippen LogP contribution in [0.3, 0.4) is 0 Å². The molecule has 104 valence electrons. The molecule has 3 atom stereocenters. The minimum absolute atomic E-state index is 0.0463. The van der Waals surface area contributed by atoms with Gasteiger partial charge in [0, 0.05) is 6.04 Å². The predicted molar refractivity (Wildman–Crippen MR) is 76.6 cm³/mol. The van der Waals surface area contributed by atoms with Crippen molar-refractivity contribution in [3.8, 4) is 0 Å². The van der Waals surface area contributed by atoms with Crippen LogP contribution in [0.4, 0.5) is 4.39 Å². The molecule has 1 nitrogen and oxygen atoms in total. The normalized spacial score (nSPS) is 30.2. The van der Waals surface area contributed by atoms with Crippen LogP contribution >= 0.6 is 0 Å². The number of hydrogen-bond donors (Lipinski definition) is 1. The van der Waals surface area contributed by atoms with E-state index in [1.165, 1.54) is 24.8 Å². The largest absolute Gasteiger partial charge is 0.310 e. The molecule has 1 aromatic rings. The third-order valence-corrected chi connectivity index (χ3v) is 5.10. The first-order valence-electron chi connectivity index (χ1n) is 7.63. The highest BCUT2D eigenvalue weighted by atomic mass is 19.1. The van der Waals surface area contributed by atoms with Crippen LogP contribution in [0, 0.1) is 37.4 Å². The molecular formula is C17H24FN. The average molecular weight is 261 g/mol. The van der Waals surface area contributed by atoms with Gasteiger partial charge in [-0.1, -0.05) is 25.5 Å². The standard InChI is InChI=1S/C17H24FN/c1-4-19-17(15-13-6-5-7-14(13)15)12-8-10(2)16(18)11(3)9-12/h8-9,13-15,17,19H,4-7H2,1-3H3. The molecule has 0 bridgehead atoms. The Kier molecular flexibility index (Phi) is 3.38. The van der Waals surface area contributed by atoms with Gasteiger partial charge < -0.3 is 5.32 Å². The van der Waals surface area contributed by atoms with Crippen molar-refractivity contribution in [2.45, 2.75) is 46.1 Å². The molecule has 0 heterocycles. The van der Waals surface area contributed by atoms with Gasteiger partial charge in [0.15, 0.2) is 0 Å². The Balaban J connectivity index is 1.88. The number of hydrogen-bond acceptors (Lipinski definition) is 1. The fraction of sp³-hybridized carbons (Fsp3) is 0.647. The summed E-state index contributed by atoms with van der Waals surface area (Å²) in [5.41, 5.74) is 2.85. The van der Waals surface area contributed by atoms with E-state index in [4.69, 9.17) is 0 Å². The van der Waals surface area contributed by atoms with Crippen molar-refractivity contribution in [3.63, 3.8) is 0 Å². The van der Waals surface area contributed by atoms with E-state index in [0.29, 0.717) is 6.04 Å². The maximum Gasteiger partial charge on any atom is 0.129 e. The van der Waals surface area contributed by atoms with Gasteiger partial charge in [0.05, 0.1) is 0 Å². The summed E-state index contributed by atoms with van der Waals surface area (Å²) in [6.07, 6.45) is 4.21. The zero-order chi connectivity index (χ0) is 13.6. The Hall–Kier alpha value is -0.890. The van der Waals surface area contributed by atoms with Crippen LogP contribution in [-0.4, -0.2) is 6.54 Å². The van der Waals surface area contributed by atoms with Gasteiger partial charge >= 0.3 is 0 Å². The summed E-state index contributed by atoms with van der Waals surface area (Å²) in [4.78, 5) is 0. The Morgan fingerprint density at radius 1 is 1.21 bits per heavy atom. The highest BCUT2D eigenvalue weighted by molar-refractivity contribution is 5.34. The number of aryl methyl sites for hydroxylation is 2. The first-order chi connectivity index (χ1) is 9.13. The van der Waals surface area contributed by atoms with Crippen LogP contribution in [0.2, 0.25) is 0 Å². The van der Waals surface area contributed by atoms with Crippen molar-refractivity contribution in [3.05, 3.63) is 34.6 Å². The fourth-order valence-electron chi connectivity index (χ4n) is 4.23. The lowest BCUT2D eigenvalue weighted by Crippen LogP contribution is -2.24. The molecule has 2 saturated carbocycles. The molecule has 2 aliphatic rings. The van der Waals surface area contributed by atoms with E-state index < -0.39 is 0 Å². The van der Waals surface area contributed by atoms with Gasteiger partial charge in [0.25, 0.3) is 0 Å². The third kappa shape index (κ3) is 2.20. The average Bonchev–Trinajstić information content (AvgIpc) is 2.83. The fourth-order valence-corrected chi connectivity index (χ4v) is 4.23. The van der Waals surface area contributed by atoms with Crippen LogP contribution in [0.25, 0.3) is 0 Å². The quantitative estimate of drug-likeness (QED) is 0.859. The van der Waals surface area contributed by atoms with Crippen molar-refractivity contribution in [2.24, 2.45) is 17.8 Å². The van der Waals surface area contributed by atoms with Gasteiger partial charge in [0.1, 0.15) is 5.82 Å². The second kappa shape index (κ2) is 4.90. The molecule has 0 aromatic heterocycles. The van der Waals surface area contributed by atoms with E-state index in [-0.39, 0.29) is 5.82 Å². The number of nitrogens with one attached hydrogen (secondary N) is 1. The van der Waals surface area contributed by atoms with Gasteiger partial charge in [-0.2, -0.15) is 0 Å². The van der Waals surface area contributed by atoms with Crippen LogP contribution < -0.4 is 5.32 Å². The van der Waals surface area contributed by atoms with Crippen LogP contribution in [0.1, 0.15) is 48.9 Å². The van der Waals surface area contributed by atoms with Crippen LogP contribution in [0.5, 0.6) is 0 Å². The maximum absolute atomic E-state index is 13.8. The Morgan fingerprint density at radius 2 is 1.79 bits per heavy atom. The van der Waals surface area contributed by atoms with Gasteiger partial charge in [-0.15, -0.1) is 0 Å². The molecular weight excluding hydrogens is 237 g/mol.